The van der Waals surface area contributed by atoms with Gasteiger partial charge < -0.3 is 25.1 Å². The number of esters is 2. The smallest absolute Gasteiger partial charge is 0.355 e. The lowest BCUT2D eigenvalue weighted by molar-refractivity contribution is -0.119. The highest BCUT2D eigenvalue weighted by atomic mass is 16.5. The molecular weight excluding hydrogens is 378 g/mol. The van der Waals surface area contributed by atoms with Crippen molar-refractivity contribution in [2.75, 3.05) is 25.6 Å². The summed E-state index contributed by atoms with van der Waals surface area (Å²) >= 11 is 0. The Bertz CT molecular complexity index is 948. The predicted octanol–water partition coefficient (Wildman–Crippen LogP) is 1.96. The molecule has 0 aliphatic carbocycles. The normalized spacial score (nSPS) is 10.2. The molecule has 0 bridgehead atoms. The number of hydrogen-bond acceptors (Lipinski definition) is 6. The zero-order chi connectivity index (χ0) is 21.6. The van der Waals surface area contributed by atoms with E-state index in [0.29, 0.717) is 22.5 Å². The van der Waals surface area contributed by atoms with Crippen LogP contribution < -0.4 is 10.6 Å². The summed E-state index contributed by atoms with van der Waals surface area (Å²) < 4.78 is 10.0. The molecule has 29 heavy (non-hydrogen) atoms. The maximum absolute atomic E-state index is 12.4. The number of aromatic nitrogens is 1. The summed E-state index contributed by atoms with van der Waals surface area (Å²) in [6.45, 7) is 4.58. The van der Waals surface area contributed by atoms with Crippen LogP contribution in [0.25, 0.3) is 0 Å². The van der Waals surface area contributed by atoms with Gasteiger partial charge in [-0.15, -0.1) is 0 Å². The van der Waals surface area contributed by atoms with Crippen LogP contribution in [0.5, 0.6) is 0 Å². The molecule has 0 atom stereocenters. The van der Waals surface area contributed by atoms with Gasteiger partial charge >= 0.3 is 11.9 Å². The monoisotopic (exact) mass is 401 g/mol. The van der Waals surface area contributed by atoms with Crippen LogP contribution in [0.2, 0.25) is 0 Å². The molecule has 1 heterocycles. The summed E-state index contributed by atoms with van der Waals surface area (Å²) in [6.07, 6.45) is 0. The second-order valence-corrected chi connectivity index (χ2v) is 6.13. The molecule has 0 radical (unpaired) electrons. The maximum Gasteiger partial charge on any atom is 0.355 e. The van der Waals surface area contributed by atoms with Gasteiger partial charge in [0.1, 0.15) is 5.69 Å². The molecule has 3 N–H and O–H groups in total. The summed E-state index contributed by atoms with van der Waals surface area (Å²) in [4.78, 5) is 50.9. The van der Waals surface area contributed by atoms with Crippen molar-refractivity contribution < 1.29 is 28.7 Å². The number of amides is 2. The highest BCUT2D eigenvalue weighted by Gasteiger charge is 2.24. The molecule has 154 valence electrons. The Morgan fingerprint density at radius 2 is 1.79 bits per heavy atom. The average Bonchev–Trinajstić information content (AvgIpc) is 3.00. The molecule has 2 amide bonds. The van der Waals surface area contributed by atoms with E-state index in [2.05, 4.69) is 15.6 Å². The Morgan fingerprint density at radius 3 is 2.45 bits per heavy atom. The van der Waals surface area contributed by atoms with Gasteiger partial charge in [-0.2, -0.15) is 0 Å². The van der Waals surface area contributed by atoms with E-state index in [9.17, 15) is 19.2 Å². The summed E-state index contributed by atoms with van der Waals surface area (Å²) in [7, 11) is 1.51. The first-order valence-corrected chi connectivity index (χ1v) is 8.93. The number of ether oxygens (including phenoxy) is 2. The number of carbonyl (C=O) groups excluding carboxylic acids is 4. The van der Waals surface area contributed by atoms with Gasteiger partial charge in [0.2, 0.25) is 0 Å². The van der Waals surface area contributed by atoms with Gasteiger partial charge in [-0.3, -0.25) is 9.59 Å². The lowest BCUT2D eigenvalue weighted by Crippen LogP contribution is -2.22. The van der Waals surface area contributed by atoms with Gasteiger partial charge in [0, 0.05) is 24.0 Å². The number of carbonyl (C=O) groups is 4. The van der Waals surface area contributed by atoms with Crippen molar-refractivity contribution in [3.8, 4) is 0 Å². The Hall–Kier alpha value is -3.62. The van der Waals surface area contributed by atoms with Crippen LogP contribution in [-0.2, 0) is 14.3 Å². The third-order valence-electron chi connectivity index (χ3n) is 4.09. The fourth-order valence-electron chi connectivity index (χ4n) is 2.75. The van der Waals surface area contributed by atoms with Crippen molar-refractivity contribution in [3.63, 3.8) is 0 Å². The first-order valence-electron chi connectivity index (χ1n) is 8.93. The molecule has 9 nitrogen and oxygen atoms in total. The minimum atomic E-state index is -0.735. The molecule has 2 aromatic rings. The van der Waals surface area contributed by atoms with Crippen LogP contribution in [0.3, 0.4) is 0 Å². The van der Waals surface area contributed by atoms with Crippen LogP contribution in [0.15, 0.2) is 24.3 Å². The van der Waals surface area contributed by atoms with Crippen molar-refractivity contribution in [3.05, 3.63) is 52.3 Å². The SMILES string of the molecule is CCOC(=O)c1[nH]c(C)c(C(=O)OCC(=O)Nc2cccc(C(=O)NC)c2)c1C. The molecule has 1 aromatic carbocycles. The van der Waals surface area contributed by atoms with E-state index in [4.69, 9.17) is 9.47 Å². The third-order valence-corrected chi connectivity index (χ3v) is 4.09. The Balaban J connectivity index is 2.02. The Morgan fingerprint density at radius 1 is 1.07 bits per heavy atom. The highest BCUT2D eigenvalue weighted by molar-refractivity contribution is 6.00. The van der Waals surface area contributed by atoms with Gasteiger partial charge in [-0.1, -0.05) is 6.07 Å². The van der Waals surface area contributed by atoms with Gasteiger partial charge in [-0.25, -0.2) is 9.59 Å². The predicted molar refractivity (Wildman–Crippen MR) is 105 cm³/mol. The first-order chi connectivity index (χ1) is 13.8. The molecule has 2 rings (SSSR count). The summed E-state index contributed by atoms with van der Waals surface area (Å²) in [5.41, 5.74) is 1.96. The minimum absolute atomic E-state index is 0.173. The Kier molecular flexibility index (Phi) is 7.13. The second kappa shape index (κ2) is 9.54. The van der Waals surface area contributed by atoms with Crippen molar-refractivity contribution >= 4 is 29.4 Å². The number of aromatic amines is 1. The van der Waals surface area contributed by atoms with Crippen LogP contribution in [0.4, 0.5) is 5.69 Å². The molecule has 0 aliphatic rings. The number of H-pyrrole nitrogens is 1. The summed E-state index contributed by atoms with van der Waals surface area (Å²) in [5, 5.41) is 5.05. The van der Waals surface area contributed by atoms with Gasteiger partial charge in [0.15, 0.2) is 6.61 Å². The van der Waals surface area contributed by atoms with Crippen LogP contribution >= 0.6 is 0 Å². The molecular formula is C20H23N3O6. The lowest BCUT2D eigenvalue weighted by atomic mass is 10.1. The van der Waals surface area contributed by atoms with E-state index in [-0.39, 0.29) is 23.8 Å². The minimum Gasteiger partial charge on any atom is -0.461 e. The highest BCUT2D eigenvalue weighted by Crippen LogP contribution is 2.20. The van der Waals surface area contributed by atoms with E-state index < -0.39 is 24.5 Å². The van der Waals surface area contributed by atoms with E-state index in [1.165, 1.54) is 13.1 Å². The third kappa shape index (κ3) is 5.22. The van der Waals surface area contributed by atoms with E-state index in [1.54, 1.807) is 39.0 Å². The molecule has 1 aromatic heterocycles. The van der Waals surface area contributed by atoms with Crippen LogP contribution in [-0.4, -0.2) is 49.0 Å². The number of anilines is 1. The number of aryl methyl sites for hydroxylation is 1. The number of benzene rings is 1. The van der Waals surface area contributed by atoms with Gasteiger partial charge in [0.05, 0.1) is 12.2 Å². The second-order valence-electron chi connectivity index (χ2n) is 6.13. The van der Waals surface area contributed by atoms with Crippen molar-refractivity contribution in [1.82, 2.24) is 10.3 Å². The number of nitrogens with one attached hydrogen (secondary N) is 3. The average molecular weight is 401 g/mol. The standard InChI is InChI=1S/C20H23N3O6/c1-5-28-20(27)17-11(2)16(12(3)22-17)19(26)29-10-15(24)23-14-8-6-7-13(9-14)18(25)21-4/h6-9,22H,5,10H2,1-4H3,(H,21,25)(H,23,24). The van der Waals surface area contributed by atoms with Crippen LogP contribution in [0.1, 0.15) is 49.4 Å². The van der Waals surface area contributed by atoms with Crippen molar-refractivity contribution in [1.29, 1.82) is 0 Å². The maximum atomic E-state index is 12.4. The molecule has 0 fully saturated rings. The largest absolute Gasteiger partial charge is 0.461 e. The summed E-state index contributed by atoms with van der Waals surface area (Å²) in [5.74, 6) is -2.16. The molecule has 0 aliphatic heterocycles. The first kappa shape index (κ1) is 21.7. The fourth-order valence-corrected chi connectivity index (χ4v) is 2.75. The number of rotatable bonds is 7. The zero-order valence-electron chi connectivity index (χ0n) is 16.7. The van der Waals surface area contributed by atoms with Crippen molar-refractivity contribution in [2.24, 2.45) is 0 Å². The van der Waals surface area contributed by atoms with Crippen LogP contribution in [0, 0.1) is 13.8 Å². The number of hydrogen-bond donors (Lipinski definition) is 3. The molecule has 9 heteroatoms. The van der Waals surface area contributed by atoms with E-state index in [1.807, 2.05) is 0 Å². The lowest BCUT2D eigenvalue weighted by Gasteiger charge is -2.08. The quantitative estimate of drug-likeness (QED) is 0.609. The molecule has 0 saturated heterocycles. The molecule has 0 unspecified atom stereocenters. The van der Waals surface area contributed by atoms with E-state index in [0.717, 1.165) is 0 Å². The topological polar surface area (TPSA) is 127 Å². The van der Waals surface area contributed by atoms with Gasteiger partial charge in [0.25, 0.3) is 11.8 Å². The van der Waals surface area contributed by atoms with Gasteiger partial charge in [-0.05, 0) is 44.5 Å². The molecule has 0 saturated carbocycles. The zero-order valence-corrected chi connectivity index (χ0v) is 16.7. The van der Waals surface area contributed by atoms with E-state index >= 15 is 0 Å². The fraction of sp³-hybridized carbons (Fsp3) is 0.300. The summed E-state index contributed by atoms with van der Waals surface area (Å²) in [6, 6.07) is 6.34. The van der Waals surface area contributed by atoms with Crippen molar-refractivity contribution in [2.45, 2.75) is 20.8 Å². The molecule has 0 spiro atoms. The Labute approximate surface area is 167 Å².